The Balaban J connectivity index is 1.21. The molecule has 2 saturated heterocycles. The summed E-state index contributed by atoms with van der Waals surface area (Å²) in [5.41, 5.74) is 3.67. The van der Waals surface area contributed by atoms with Crippen molar-refractivity contribution in [2.24, 2.45) is 0 Å². The predicted molar refractivity (Wildman–Crippen MR) is 113 cm³/mol. The van der Waals surface area contributed by atoms with Crippen LogP contribution in [0.5, 0.6) is 0 Å². The molecule has 2 fully saturated rings. The number of rotatable bonds is 3. The second-order valence-corrected chi connectivity index (χ2v) is 8.36. The van der Waals surface area contributed by atoms with Crippen molar-refractivity contribution in [1.29, 1.82) is 0 Å². The number of nitrogens with zero attached hydrogens (tertiary/aromatic N) is 3. The monoisotopic (exact) mass is 389 g/mol. The number of hydrogen-bond donors (Lipinski definition) is 0. The van der Waals surface area contributed by atoms with Crippen LogP contribution in [0.15, 0.2) is 54.6 Å². The zero-order valence-corrected chi connectivity index (χ0v) is 16.7. The molecule has 0 unspecified atom stereocenters. The first-order valence-corrected chi connectivity index (χ1v) is 10.7. The summed E-state index contributed by atoms with van der Waals surface area (Å²) in [5.74, 6) is -0.154. The van der Waals surface area contributed by atoms with Crippen LogP contribution in [-0.4, -0.2) is 59.9 Å². The molecule has 2 amide bonds. The number of para-hydroxylation sites is 1. The normalized spacial score (nSPS) is 26.0. The van der Waals surface area contributed by atoms with Gasteiger partial charge in [0.2, 0.25) is 5.91 Å². The van der Waals surface area contributed by atoms with Gasteiger partial charge in [0, 0.05) is 32.2 Å². The van der Waals surface area contributed by atoms with Gasteiger partial charge in [-0.25, -0.2) is 4.90 Å². The van der Waals surface area contributed by atoms with Gasteiger partial charge in [0.1, 0.15) is 0 Å². The first kappa shape index (κ1) is 18.5. The van der Waals surface area contributed by atoms with Gasteiger partial charge in [-0.2, -0.15) is 0 Å². The second kappa shape index (κ2) is 7.73. The van der Waals surface area contributed by atoms with Gasteiger partial charge >= 0.3 is 0 Å². The van der Waals surface area contributed by atoms with E-state index < -0.39 is 0 Å². The van der Waals surface area contributed by atoms with Gasteiger partial charge in [0.05, 0.1) is 18.2 Å². The van der Waals surface area contributed by atoms with E-state index in [-0.39, 0.29) is 17.9 Å². The number of carbonyl (C=O) groups excluding carboxylic acids is 2. The average molecular weight is 389 g/mol. The van der Waals surface area contributed by atoms with Crippen molar-refractivity contribution in [3.05, 3.63) is 65.7 Å². The molecule has 0 aromatic heterocycles. The van der Waals surface area contributed by atoms with Crippen LogP contribution in [0.2, 0.25) is 0 Å². The highest BCUT2D eigenvalue weighted by Crippen LogP contribution is 2.28. The van der Waals surface area contributed by atoms with Crippen molar-refractivity contribution in [2.75, 3.05) is 31.1 Å². The zero-order valence-electron chi connectivity index (χ0n) is 16.7. The van der Waals surface area contributed by atoms with E-state index in [4.69, 9.17) is 0 Å². The molecular formula is C24H27N3O2. The molecule has 29 heavy (non-hydrogen) atoms. The fourth-order valence-electron chi connectivity index (χ4n) is 5.15. The smallest absolute Gasteiger partial charge is 0.251 e. The molecule has 1 aliphatic carbocycles. The predicted octanol–water partition coefficient (Wildman–Crippen LogP) is 2.49. The minimum atomic E-state index is -0.308. The minimum Gasteiger partial charge on any atom is -0.298 e. The highest BCUT2D eigenvalue weighted by Gasteiger charge is 2.43. The summed E-state index contributed by atoms with van der Waals surface area (Å²) in [6.07, 6.45) is 3.78. The van der Waals surface area contributed by atoms with E-state index in [1.165, 1.54) is 22.4 Å². The van der Waals surface area contributed by atoms with Crippen LogP contribution in [0.3, 0.4) is 0 Å². The van der Waals surface area contributed by atoms with E-state index in [9.17, 15) is 9.59 Å². The summed E-state index contributed by atoms with van der Waals surface area (Å²) >= 11 is 0. The lowest BCUT2D eigenvalue weighted by Crippen LogP contribution is -2.55. The van der Waals surface area contributed by atoms with E-state index in [0.717, 1.165) is 39.0 Å². The molecule has 0 spiro atoms. The molecule has 2 heterocycles. The average Bonchev–Trinajstić information content (AvgIpc) is 3.08. The van der Waals surface area contributed by atoms with Crippen molar-refractivity contribution in [3.63, 3.8) is 0 Å². The van der Waals surface area contributed by atoms with E-state index in [1.54, 1.807) is 0 Å². The number of fused-ring (bicyclic) bond motifs is 1. The maximum atomic E-state index is 13.0. The van der Waals surface area contributed by atoms with Crippen molar-refractivity contribution in [2.45, 2.75) is 37.8 Å². The summed E-state index contributed by atoms with van der Waals surface area (Å²) < 4.78 is 0. The number of anilines is 1. The second-order valence-electron chi connectivity index (χ2n) is 8.36. The lowest BCUT2D eigenvalue weighted by atomic mass is 9.87. The molecule has 150 valence electrons. The maximum Gasteiger partial charge on any atom is 0.251 e. The lowest BCUT2D eigenvalue weighted by molar-refractivity contribution is -0.123. The molecule has 2 aromatic carbocycles. The number of carbonyl (C=O) groups is 2. The third-order valence-electron chi connectivity index (χ3n) is 6.76. The molecule has 5 nitrogen and oxygen atoms in total. The number of imide groups is 1. The molecule has 2 aliphatic heterocycles. The topological polar surface area (TPSA) is 43.9 Å². The van der Waals surface area contributed by atoms with Crippen LogP contribution in [0.25, 0.3) is 0 Å². The summed E-state index contributed by atoms with van der Waals surface area (Å²) in [7, 11) is 0. The van der Waals surface area contributed by atoms with Crippen molar-refractivity contribution >= 4 is 17.5 Å². The minimum absolute atomic E-state index is 0.0683. The van der Waals surface area contributed by atoms with Gasteiger partial charge in [-0.15, -0.1) is 0 Å². The highest BCUT2D eigenvalue weighted by atomic mass is 16.2. The Bertz CT molecular complexity index is 905. The van der Waals surface area contributed by atoms with Crippen LogP contribution in [-0.2, 0) is 22.4 Å². The summed E-state index contributed by atoms with van der Waals surface area (Å²) in [6.45, 7) is 3.64. The maximum absolute atomic E-state index is 13.0. The summed E-state index contributed by atoms with van der Waals surface area (Å²) in [6, 6.07) is 18.4. The third kappa shape index (κ3) is 3.49. The number of amides is 2. The Morgan fingerprint density at radius 2 is 1.38 bits per heavy atom. The van der Waals surface area contributed by atoms with Gasteiger partial charge in [-0.3, -0.25) is 19.4 Å². The molecule has 3 aliphatic rings. The Kier molecular flexibility index (Phi) is 4.94. The van der Waals surface area contributed by atoms with Crippen LogP contribution < -0.4 is 4.90 Å². The molecule has 0 bridgehead atoms. The largest absolute Gasteiger partial charge is 0.298 e. The fourth-order valence-corrected chi connectivity index (χ4v) is 5.15. The lowest BCUT2D eigenvalue weighted by Gasteiger charge is -2.42. The fraction of sp³-hybridized carbons (Fsp3) is 0.417. The quantitative estimate of drug-likeness (QED) is 0.757. The van der Waals surface area contributed by atoms with Crippen LogP contribution in [0.4, 0.5) is 5.69 Å². The number of aryl methyl sites for hydroxylation is 1. The van der Waals surface area contributed by atoms with Crippen LogP contribution in [0.1, 0.15) is 24.0 Å². The third-order valence-corrected chi connectivity index (χ3v) is 6.76. The molecule has 2 aromatic rings. The first-order valence-electron chi connectivity index (χ1n) is 10.7. The Hall–Kier alpha value is -2.50. The van der Waals surface area contributed by atoms with Crippen LogP contribution >= 0.6 is 0 Å². The van der Waals surface area contributed by atoms with E-state index in [1.807, 2.05) is 30.3 Å². The Morgan fingerprint density at radius 3 is 2.14 bits per heavy atom. The van der Waals surface area contributed by atoms with Gasteiger partial charge < -0.3 is 0 Å². The Morgan fingerprint density at radius 1 is 0.724 bits per heavy atom. The van der Waals surface area contributed by atoms with Crippen molar-refractivity contribution in [3.8, 4) is 0 Å². The van der Waals surface area contributed by atoms with Gasteiger partial charge in [0.15, 0.2) is 0 Å². The molecule has 0 N–H and O–H groups in total. The number of hydrogen-bond acceptors (Lipinski definition) is 4. The molecule has 2 atom stereocenters. The Labute approximate surface area is 171 Å². The van der Waals surface area contributed by atoms with Gasteiger partial charge in [0.25, 0.3) is 5.91 Å². The van der Waals surface area contributed by atoms with Crippen molar-refractivity contribution in [1.82, 2.24) is 9.80 Å². The molecule has 0 radical (unpaired) electrons. The SMILES string of the molecule is O=C1C[C@@H](N2CCN([C@@H]3CCc4ccccc4C3)CC2)C(=O)N1c1ccccc1. The molecular weight excluding hydrogens is 362 g/mol. The van der Waals surface area contributed by atoms with Gasteiger partial charge in [-0.1, -0.05) is 42.5 Å². The number of benzene rings is 2. The molecule has 0 saturated carbocycles. The van der Waals surface area contributed by atoms with Crippen molar-refractivity contribution < 1.29 is 9.59 Å². The van der Waals surface area contributed by atoms with Gasteiger partial charge in [-0.05, 0) is 42.5 Å². The van der Waals surface area contributed by atoms with Crippen LogP contribution in [0, 0.1) is 0 Å². The zero-order chi connectivity index (χ0) is 19.8. The molecule has 5 heteroatoms. The summed E-state index contributed by atoms with van der Waals surface area (Å²) in [5, 5.41) is 0. The van der Waals surface area contributed by atoms with E-state index >= 15 is 0 Å². The van der Waals surface area contributed by atoms with E-state index in [0.29, 0.717) is 18.2 Å². The standard InChI is InChI=1S/C24H27N3O2/c28-23-17-22(24(29)27(23)20-8-2-1-3-9-20)26-14-12-25(13-15-26)21-11-10-18-6-4-5-7-19(18)16-21/h1-9,21-22H,10-17H2/t21-,22-/m1/s1. The van der Waals surface area contributed by atoms with E-state index in [2.05, 4.69) is 34.1 Å². The molecule has 5 rings (SSSR count). The number of piperazine rings is 1. The first-order chi connectivity index (χ1) is 14.2. The highest BCUT2D eigenvalue weighted by molar-refractivity contribution is 6.22. The summed E-state index contributed by atoms with van der Waals surface area (Å²) in [4.78, 5) is 31.7.